The first-order chi connectivity index (χ1) is 10.1. The SMILES string of the molecule is CCCNC(Cc1ccc(CC)cc1)c1cc(C)nn1C. The molecule has 21 heavy (non-hydrogen) atoms. The molecule has 0 amide bonds. The normalized spacial score (nSPS) is 12.6. The van der Waals surface area contributed by atoms with Crippen molar-refractivity contribution in [1.29, 1.82) is 0 Å². The van der Waals surface area contributed by atoms with Crippen molar-refractivity contribution < 1.29 is 0 Å². The van der Waals surface area contributed by atoms with Crippen molar-refractivity contribution in [3.05, 3.63) is 52.8 Å². The maximum Gasteiger partial charge on any atom is 0.0597 e. The Hall–Kier alpha value is -1.61. The Morgan fingerprint density at radius 1 is 1.14 bits per heavy atom. The molecule has 2 aromatic rings. The Morgan fingerprint density at radius 2 is 1.81 bits per heavy atom. The van der Waals surface area contributed by atoms with Gasteiger partial charge in [0.2, 0.25) is 0 Å². The summed E-state index contributed by atoms with van der Waals surface area (Å²) in [6.45, 7) is 7.48. The van der Waals surface area contributed by atoms with E-state index in [0.29, 0.717) is 6.04 Å². The number of aromatic nitrogens is 2. The molecule has 0 fully saturated rings. The van der Waals surface area contributed by atoms with E-state index in [-0.39, 0.29) is 0 Å². The lowest BCUT2D eigenvalue weighted by atomic mass is 10.0. The molecule has 1 unspecified atom stereocenters. The van der Waals surface area contributed by atoms with Crippen LogP contribution in [0.4, 0.5) is 0 Å². The molecule has 1 aromatic carbocycles. The van der Waals surface area contributed by atoms with Gasteiger partial charge < -0.3 is 5.32 Å². The molecule has 1 N–H and O–H groups in total. The first-order valence-corrected chi connectivity index (χ1v) is 7.95. The van der Waals surface area contributed by atoms with Gasteiger partial charge in [0.05, 0.1) is 17.4 Å². The third-order valence-corrected chi connectivity index (χ3v) is 3.91. The molecule has 0 saturated heterocycles. The fourth-order valence-corrected chi connectivity index (χ4v) is 2.70. The Balaban J connectivity index is 2.17. The minimum absolute atomic E-state index is 0.323. The lowest BCUT2D eigenvalue weighted by molar-refractivity contribution is 0.493. The van der Waals surface area contributed by atoms with E-state index in [9.17, 15) is 0 Å². The fraction of sp³-hybridized carbons (Fsp3) is 0.500. The van der Waals surface area contributed by atoms with Gasteiger partial charge in [0.25, 0.3) is 0 Å². The van der Waals surface area contributed by atoms with Gasteiger partial charge in [0.15, 0.2) is 0 Å². The molecule has 2 rings (SSSR count). The van der Waals surface area contributed by atoms with Crippen LogP contribution < -0.4 is 5.32 Å². The standard InChI is InChI=1S/C18H27N3/c1-5-11-19-17(18-12-14(3)20-21(18)4)13-16-9-7-15(6-2)8-10-16/h7-10,12,17,19H,5-6,11,13H2,1-4H3. The van der Waals surface area contributed by atoms with E-state index in [2.05, 4.69) is 61.5 Å². The zero-order valence-electron chi connectivity index (χ0n) is 13.7. The molecule has 1 aromatic heterocycles. The lowest BCUT2D eigenvalue weighted by Gasteiger charge is -2.19. The third-order valence-electron chi connectivity index (χ3n) is 3.91. The first-order valence-electron chi connectivity index (χ1n) is 7.95. The second-order valence-corrected chi connectivity index (χ2v) is 5.72. The average molecular weight is 285 g/mol. The molecule has 0 aliphatic heterocycles. The number of nitrogens with zero attached hydrogens (tertiary/aromatic N) is 2. The summed E-state index contributed by atoms with van der Waals surface area (Å²) >= 11 is 0. The summed E-state index contributed by atoms with van der Waals surface area (Å²) in [7, 11) is 2.03. The molecule has 0 spiro atoms. The first kappa shape index (κ1) is 15.8. The number of hydrogen-bond donors (Lipinski definition) is 1. The highest BCUT2D eigenvalue weighted by molar-refractivity contribution is 5.25. The molecule has 3 nitrogen and oxygen atoms in total. The van der Waals surface area contributed by atoms with Crippen molar-refractivity contribution in [3.63, 3.8) is 0 Å². The molecule has 0 aliphatic carbocycles. The van der Waals surface area contributed by atoms with Crippen LogP contribution in [0, 0.1) is 6.92 Å². The minimum atomic E-state index is 0.323. The molecule has 114 valence electrons. The fourth-order valence-electron chi connectivity index (χ4n) is 2.70. The van der Waals surface area contributed by atoms with Gasteiger partial charge in [-0.1, -0.05) is 38.1 Å². The highest BCUT2D eigenvalue weighted by atomic mass is 15.3. The Bertz CT molecular complexity index is 554. The monoisotopic (exact) mass is 285 g/mol. The molecule has 0 aliphatic rings. The van der Waals surface area contributed by atoms with Crippen molar-refractivity contribution in [3.8, 4) is 0 Å². The summed E-state index contributed by atoms with van der Waals surface area (Å²) in [4.78, 5) is 0. The maximum atomic E-state index is 4.49. The van der Waals surface area contributed by atoms with E-state index in [1.165, 1.54) is 16.8 Å². The molecule has 1 heterocycles. The second-order valence-electron chi connectivity index (χ2n) is 5.72. The Kier molecular flexibility index (Phi) is 5.57. The van der Waals surface area contributed by atoms with Crippen LogP contribution >= 0.6 is 0 Å². The summed E-state index contributed by atoms with van der Waals surface area (Å²) in [5, 5.41) is 8.14. The van der Waals surface area contributed by atoms with Crippen LogP contribution in [0.25, 0.3) is 0 Å². The Morgan fingerprint density at radius 3 is 2.33 bits per heavy atom. The van der Waals surface area contributed by atoms with E-state index in [4.69, 9.17) is 0 Å². The number of aryl methyl sites for hydroxylation is 3. The largest absolute Gasteiger partial charge is 0.308 e. The van der Waals surface area contributed by atoms with Crippen molar-refractivity contribution in [2.24, 2.45) is 7.05 Å². The quantitative estimate of drug-likeness (QED) is 0.843. The molecule has 0 saturated carbocycles. The van der Waals surface area contributed by atoms with Crippen molar-refractivity contribution in [2.75, 3.05) is 6.54 Å². The van der Waals surface area contributed by atoms with Gasteiger partial charge in [0, 0.05) is 7.05 Å². The van der Waals surface area contributed by atoms with Crippen LogP contribution in [-0.2, 0) is 19.9 Å². The van der Waals surface area contributed by atoms with Gasteiger partial charge in [0.1, 0.15) is 0 Å². The van der Waals surface area contributed by atoms with Crippen LogP contribution in [0.3, 0.4) is 0 Å². The third kappa shape index (κ3) is 4.18. The predicted octanol–water partition coefficient (Wildman–Crippen LogP) is 3.57. The molecular weight excluding hydrogens is 258 g/mol. The van der Waals surface area contributed by atoms with Crippen LogP contribution in [0.2, 0.25) is 0 Å². The molecule has 0 radical (unpaired) electrons. The maximum absolute atomic E-state index is 4.49. The van der Waals surface area contributed by atoms with E-state index in [1.54, 1.807) is 0 Å². The van der Waals surface area contributed by atoms with Crippen LogP contribution in [-0.4, -0.2) is 16.3 Å². The molecule has 0 bridgehead atoms. The van der Waals surface area contributed by atoms with Crippen LogP contribution in [0.15, 0.2) is 30.3 Å². The number of hydrogen-bond acceptors (Lipinski definition) is 2. The van der Waals surface area contributed by atoms with Crippen LogP contribution in [0.5, 0.6) is 0 Å². The number of rotatable bonds is 7. The molecule has 1 atom stereocenters. The molecular formula is C18H27N3. The average Bonchev–Trinajstić information content (AvgIpc) is 2.83. The summed E-state index contributed by atoms with van der Waals surface area (Å²) < 4.78 is 2.00. The van der Waals surface area contributed by atoms with Gasteiger partial charge >= 0.3 is 0 Å². The van der Waals surface area contributed by atoms with Crippen molar-refractivity contribution in [1.82, 2.24) is 15.1 Å². The van der Waals surface area contributed by atoms with Crippen molar-refractivity contribution in [2.45, 2.75) is 46.1 Å². The van der Waals surface area contributed by atoms with E-state index in [0.717, 1.165) is 31.5 Å². The zero-order valence-corrected chi connectivity index (χ0v) is 13.7. The predicted molar refractivity (Wildman–Crippen MR) is 88.5 cm³/mol. The summed E-state index contributed by atoms with van der Waals surface area (Å²) in [6, 6.07) is 11.5. The molecule has 3 heteroatoms. The summed E-state index contributed by atoms with van der Waals surface area (Å²) in [6.07, 6.45) is 3.24. The van der Waals surface area contributed by atoms with Gasteiger partial charge in [-0.25, -0.2) is 0 Å². The smallest absolute Gasteiger partial charge is 0.0597 e. The highest BCUT2D eigenvalue weighted by Crippen LogP contribution is 2.19. The zero-order chi connectivity index (χ0) is 15.2. The number of nitrogens with one attached hydrogen (secondary N) is 1. The summed E-state index contributed by atoms with van der Waals surface area (Å²) in [5.41, 5.74) is 5.12. The number of benzene rings is 1. The van der Waals surface area contributed by atoms with Gasteiger partial charge in [-0.05, 0) is 49.9 Å². The van der Waals surface area contributed by atoms with Gasteiger partial charge in [-0.2, -0.15) is 5.10 Å². The van der Waals surface area contributed by atoms with Gasteiger partial charge in [-0.15, -0.1) is 0 Å². The lowest BCUT2D eigenvalue weighted by Crippen LogP contribution is -2.26. The van der Waals surface area contributed by atoms with Crippen molar-refractivity contribution >= 4 is 0 Å². The Labute approximate surface area is 128 Å². The summed E-state index contributed by atoms with van der Waals surface area (Å²) in [5.74, 6) is 0. The van der Waals surface area contributed by atoms with E-state index in [1.807, 2.05) is 11.7 Å². The minimum Gasteiger partial charge on any atom is -0.308 e. The van der Waals surface area contributed by atoms with Gasteiger partial charge in [-0.3, -0.25) is 4.68 Å². The van der Waals surface area contributed by atoms with E-state index < -0.39 is 0 Å². The topological polar surface area (TPSA) is 29.9 Å². The van der Waals surface area contributed by atoms with E-state index >= 15 is 0 Å². The highest BCUT2D eigenvalue weighted by Gasteiger charge is 2.16. The second kappa shape index (κ2) is 7.41. The van der Waals surface area contributed by atoms with Crippen LogP contribution in [0.1, 0.15) is 48.8 Å².